The van der Waals surface area contributed by atoms with Gasteiger partial charge in [0, 0.05) is 19.7 Å². The molecule has 0 spiro atoms. The van der Waals surface area contributed by atoms with Crippen molar-refractivity contribution in [2.75, 3.05) is 39.7 Å². The first-order valence-corrected chi connectivity index (χ1v) is 5.77. The molecule has 0 bridgehead atoms. The third kappa shape index (κ3) is 6.84. The standard InChI is InChI=1S/C11H23NO3/c1-10(2)8-13-6-4-12-7-11-3-5-14-9-15-11/h10-12H,3-9H2,1-2H3. The van der Waals surface area contributed by atoms with Crippen LogP contribution in [-0.2, 0) is 14.2 Å². The Kier molecular flexibility index (Phi) is 6.92. The van der Waals surface area contributed by atoms with Gasteiger partial charge in [-0.05, 0) is 12.3 Å². The summed E-state index contributed by atoms with van der Waals surface area (Å²) in [5, 5.41) is 3.32. The largest absolute Gasteiger partial charge is 0.380 e. The predicted molar refractivity (Wildman–Crippen MR) is 58.8 cm³/mol. The first kappa shape index (κ1) is 12.9. The maximum Gasteiger partial charge on any atom is 0.147 e. The minimum atomic E-state index is 0.309. The Morgan fingerprint density at radius 1 is 1.47 bits per heavy atom. The van der Waals surface area contributed by atoms with Gasteiger partial charge in [0.05, 0.1) is 19.3 Å². The van der Waals surface area contributed by atoms with E-state index in [1.165, 1.54) is 0 Å². The average Bonchev–Trinajstić information content (AvgIpc) is 2.24. The fourth-order valence-electron chi connectivity index (χ4n) is 1.39. The maximum absolute atomic E-state index is 5.46. The van der Waals surface area contributed by atoms with E-state index in [0.717, 1.165) is 39.3 Å². The van der Waals surface area contributed by atoms with Crippen LogP contribution in [0.5, 0.6) is 0 Å². The summed E-state index contributed by atoms with van der Waals surface area (Å²) >= 11 is 0. The first-order valence-electron chi connectivity index (χ1n) is 5.77. The van der Waals surface area contributed by atoms with E-state index in [1.807, 2.05) is 0 Å². The summed E-state index contributed by atoms with van der Waals surface area (Å²) in [6, 6.07) is 0. The normalized spacial score (nSPS) is 22.2. The third-order valence-electron chi connectivity index (χ3n) is 2.22. The van der Waals surface area contributed by atoms with Gasteiger partial charge in [0.25, 0.3) is 0 Å². The molecule has 1 saturated heterocycles. The Labute approximate surface area is 92.3 Å². The van der Waals surface area contributed by atoms with Crippen molar-refractivity contribution in [3.8, 4) is 0 Å². The molecule has 0 aromatic carbocycles. The molecule has 0 saturated carbocycles. The second-order valence-electron chi connectivity index (χ2n) is 4.28. The van der Waals surface area contributed by atoms with E-state index >= 15 is 0 Å². The van der Waals surface area contributed by atoms with Crippen LogP contribution in [-0.4, -0.2) is 45.8 Å². The number of ether oxygens (including phenoxy) is 3. The topological polar surface area (TPSA) is 39.7 Å². The van der Waals surface area contributed by atoms with Crippen molar-refractivity contribution < 1.29 is 14.2 Å². The van der Waals surface area contributed by atoms with Gasteiger partial charge in [-0.2, -0.15) is 0 Å². The zero-order chi connectivity index (χ0) is 10.9. The van der Waals surface area contributed by atoms with E-state index in [-0.39, 0.29) is 0 Å². The van der Waals surface area contributed by atoms with E-state index < -0.39 is 0 Å². The summed E-state index contributed by atoms with van der Waals surface area (Å²) in [7, 11) is 0. The van der Waals surface area contributed by atoms with Crippen LogP contribution in [0.3, 0.4) is 0 Å². The lowest BCUT2D eigenvalue weighted by molar-refractivity contribution is -0.137. The van der Waals surface area contributed by atoms with Crippen LogP contribution in [0.1, 0.15) is 20.3 Å². The van der Waals surface area contributed by atoms with Crippen LogP contribution in [0.25, 0.3) is 0 Å². The number of hydrogen-bond donors (Lipinski definition) is 1. The lowest BCUT2D eigenvalue weighted by Gasteiger charge is -2.22. The van der Waals surface area contributed by atoms with Crippen molar-refractivity contribution in [2.24, 2.45) is 5.92 Å². The van der Waals surface area contributed by atoms with Crippen LogP contribution < -0.4 is 5.32 Å². The van der Waals surface area contributed by atoms with E-state index in [1.54, 1.807) is 0 Å². The predicted octanol–water partition coefficient (Wildman–Crippen LogP) is 1.01. The number of hydrogen-bond acceptors (Lipinski definition) is 4. The molecule has 1 heterocycles. The quantitative estimate of drug-likeness (QED) is 0.646. The van der Waals surface area contributed by atoms with Gasteiger partial charge in [-0.3, -0.25) is 0 Å². The van der Waals surface area contributed by atoms with Gasteiger partial charge in [0.2, 0.25) is 0 Å². The molecule has 1 fully saturated rings. The van der Waals surface area contributed by atoms with Crippen molar-refractivity contribution in [3.05, 3.63) is 0 Å². The molecule has 90 valence electrons. The Morgan fingerprint density at radius 3 is 3.00 bits per heavy atom. The molecule has 1 aliphatic rings. The lowest BCUT2D eigenvalue weighted by Crippen LogP contribution is -2.35. The molecule has 1 rings (SSSR count). The lowest BCUT2D eigenvalue weighted by atomic mass is 10.2. The Morgan fingerprint density at radius 2 is 2.33 bits per heavy atom. The Bertz CT molecular complexity index is 147. The summed E-state index contributed by atoms with van der Waals surface area (Å²) in [6.45, 7) is 8.98. The molecule has 4 heteroatoms. The number of nitrogens with one attached hydrogen (secondary N) is 1. The van der Waals surface area contributed by atoms with Crippen molar-refractivity contribution in [2.45, 2.75) is 26.4 Å². The molecule has 15 heavy (non-hydrogen) atoms. The van der Waals surface area contributed by atoms with Crippen molar-refractivity contribution in [3.63, 3.8) is 0 Å². The summed E-state index contributed by atoms with van der Waals surface area (Å²) in [5.74, 6) is 0.615. The van der Waals surface area contributed by atoms with Crippen molar-refractivity contribution in [1.82, 2.24) is 5.32 Å². The maximum atomic E-state index is 5.46. The zero-order valence-corrected chi connectivity index (χ0v) is 9.83. The molecular formula is C11H23NO3. The molecule has 1 aliphatic heterocycles. The van der Waals surface area contributed by atoms with Gasteiger partial charge < -0.3 is 19.5 Å². The van der Waals surface area contributed by atoms with Gasteiger partial charge in [-0.1, -0.05) is 13.8 Å². The summed E-state index contributed by atoms with van der Waals surface area (Å²) in [4.78, 5) is 0. The highest BCUT2D eigenvalue weighted by Gasteiger charge is 2.12. The molecule has 1 N–H and O–H groups in total. The highest BCUT2D eigenvalue weighted by molar-refractivity contribution is 4.63. The zero-order valence-electron chi connectivity index (χ0n) is 9.83. The van der Waals surface area contributed by atoms with Gasteiger partial charge in [0.1, 0.15) is 6.79 Å². The second kappa shape index (κ2) is 8.05. The molecule has 1 atom stereocenters. The Balaban J connectivity index is 1.83. The van der Waals surface area contributed by atoms with Gasteiger partial charge in [-0.25, -0.2) is 0 Å². The third-order valence-corrected chi connectivity index (χ3v) is 2.22. The minimum Gasteiger partial charge on any atom is -0.380 e. The summed E-state index contributed by atoms with van der Waals surface area (Å²) in [5.41, 5.74) is 0. The van der Waals surface area contributed by atoms with Gasteiger partial charge in [-0.15, -0.1) is 0 Å². The summed E-state index contributed by atoms with van der Waals surface area (Å²) < 4.78 is 15.9. The highest BCUT2D eigenvalue weighted by atomic mass is 16.7. The van der Waals surface area contributed by atoms with Gasteiger partial charge in [0.15, 0.2) is 0 Å². The first-order chi connectivity index (χ1) is 7.29. The fourth-order valence-corrected chi connectivity index (χ4v) is 1.39. The van der Waals surface area contributed by atoms with Crippen LogP contribution in [0.4, 0.5) is 0 Å². The molecule has 0 amide bonds. The van der Waals surface area contributed by atoms with E-state index in [2.05, 4.69) is 19.2 Å². The van der Waals surface area contributed by atoms with E-state index in [4.69, 9.17) is 14.2 Å². The van der Waals surface area contributed by atoms with Crippen LogP contribution in [0.15, 0.2) is 0 Å². The minimum absolute atomic E-state index is 0.309. The molecular weight excluding hydrogens is 194 g/mol. The van der Waals surface area contributed by atoms with Crippen LogP contribution >= 0.6 is 0 Å². The fraction of sp³-hybridized carbons (Fsp3) is 1.00. The van der Waals surface area contributed by atoms with Gasteiger partial charge >= 0.3 is 0 Å². The van der Waals surface area contributed by atoms with Crippen molar-refractivity contribution >= 4 is 0 Å². The molecule has 1 unspecified atom stereocenters. The monoisotopic (exact) mass is 217 g/mol. The molecule has 0 radical (unpaired) electrons. The number of rotatable bonds is 7. The summed E-state index contributed by atoms with van der Waals surface area (Å²) in [6.07, 6.45) is 1.30. The highest BCUT2D eigenvalue weighted by Crippen LogP contribution is 2.04. The average molecular weight is 217 g/mol. The SMILES string of the molecule is CC(C)COCCNCC1CCOCO1. The second-order valence-corrected chi connectivity index (χ2v) is 4.28. The van der Waals surface area contributed by atoms with E-state index in [9.17, 15) is 0 Å². The van der Waals surface area contributed by atoms with E-state index in [0.29, 0.717) is 18.8 Å². The van der Waals surface area contributed by atoms with Crippen LogP contribution in [0.2, 0.25) is 0 Å². The Hall–Kier alpha value is -0.160. The molecule has 4 nitrogen and oxygen atoms in total. The van der Waals surface area contributed by atoms with Crippen LogP contribution in [0, 0.1) is 5.92 Å². The molecule has 0 aromatic heterocycles. The molecule has 0 aliphatic carbocycles. The van der Waals surface area contributed by atoms with Crippen molar-refractivity contribution in [1.29, 1.82) is 0 Å². The molecule has 0 aromatic rings. The smallest absolute Gasteiger partial charge is 0.147 e.